The number of carbonyl (C=O) groups is 2. The van der Waals surface area contributed by atoms with E-state index in [1.807, 2.05) is 24.4 Å². The summed E-state index contributed by atoms with van der Waals surface area (Å²) in [7, 11) is 0. The van der Waals surface area contributed by atoms with Gasteiger partial charge in [0.25, 0.3) is 5.91 Å². The molecule has 0 radical (unpaired) electrons. The molecule has 1 aromatic carbocycles. The van der Waals surface area contributed by atoms with Crippen LogP contribution in [0.25, 0.3) is 11.3 Å². The highest BCUT2D eigenvalue weighted by molar-refractivity contribution is 7.14. The highest BCUT2D eigenvalue weighted by Crippen LogP contribution is 2.25. The summed E-state index contributed by atoms with van der Waals surface area (Å²) < 4.78 is 9.00. The maximum absolute atomic E-state index is 12.4. The molecule has 0 aliphatic rings. The summed E-state index contributed by atoms with van der Waals surface area (Å²) in [6.45, 7) is 5.50. The van der Waals surface area contributed by atoms with Gasteiger partial charge in [-0.15, -0.1) is 16.4 Å². The highest BCUT2D eigenvalue weighted by atomic mass is 32.1. The van der Waals surface area contributed by atoms with Crippen molar-refractivity contribution in [1.29, 1.82) is 0 Å². The first-order valence-corrected chi connectivity index (χ1v) is 10.5. The molecule has 0 unspecified atom stereocenters. The van der Waals surface area contributed by atoms with E-state index in [2.05, 4.69) is 38.9 Å². The number of hydrogen-bond donors (Lipinski definition) is 1. The molecule has 28 heavy (non-hydrogen) atoms. The number of carbonyl (C=O) groups excluding carboxylic acids is 2. The van der Waals surface area contributed by atoms with Gasteiger partial charge in [-0.2, -0.15) is 0 Å². The van der Waals surface area contributed by atoms with Gasteiger partial charge in [0.15, 0.2) is 16.1 Å². The molecule has 0 spiro atoms. The monoisotopic (exact) mass is 416 g/mol. The van der Waals surface area contributed by atoms with Gasteiger partial charge in [0.2, 0.25) is 0 Å². The topological polar surface area (TPSA) is 94.1 Å². The van der Waals surface area contributed by atoms with E-state index in [0.717, 1.165) is 29.2 Å². The molecule has 3 aromatic rings. The van der Waals surface area contributed by atoms with E-state index in [1.165, 1.54) is 23.8 Å². The summed E-state index contributed by atoms with van der Waals surface area (Å²) in [5.41, 5.74) is 3.60. The number of anilines is 1. The normalized spacial score (nSPS) is 11.8. The molecular weight excluding hydrogens is 396 g/mol. The van der Waals surface area contributed by atoms with Crippen LogP contribution < -0.4 is 5.32 Å². The van der Waals surface area contributed by atoms with Crippen molar-refractivity contribution in [2.24, 2.45) is 0 Å². The summed E-state index contributed by atoms with van der Waals surface area (Å²) in [5, 5.41) is 8.91. The Morgan fingerprint density at radius 3 is 2.61 bits per heavy atom. The average Bonchev–Trinajstić information content (AvgIpc) is 3.37. The maximum atomic E-state index is 12.4. The minimum atomic E-state index is -0.963. The van der Waals surface area contributed by atoms with Gasteiger partial charge >= 0.3 is 5.97 Å². The zero-order valence-corrected chi connectivity index (χ0v) is 17.4. The van der Waals surface area contributed by atoms with Gasteiger partial charge in [0, 0.05) is 10.9 Å². The third-order valence-electron chi connectivity index (χ3n) is 4.12. The van der Waals surface area contributed by atoms with Crippen LogP contribution >= 0.6 is 22.9 Å². The molecule has 0 saturated heterocycles. The van der Waals surface area contributed by atoms with Crippen LogP contribution in [-0.2, 0) is 22.4 Å². The Kier molecular flexibility index (Phi) is 6.48. The first-order valence-electron chi connectivity index (χ1n) is 8.89. The van der Waals surface area contributed by atoms with Crippen molar-refractivity contribution in [1.82, 2.24) is 14.6 Å². The number of esters is 1. The van der Waals surface area contributed by atoms with Crippen LogP contribution in [0.15, 0.2) is 29.6 Å². The fourth-order valence-electron chi connectivity index (χ4n) is 2.44. The second-order valence-electron chi connectivity index (χ2n) is 6.03. The van der Waals surface area contributed by atoms with Gasteiger partial charge in [-0.3, -0.25) is 10.1 Å². The summed E-state index contributed by atoms with van der Waals surface area (Å²) in [6.07, 6.45) is 0.588. The largest absolute Gasteiger partial charge is 0.448 e. The second kappa shape index (κ2) is 9.03. The minimum absolute atomic E-state index is 0.328. The fourth-order valence-corrected chi connectivity index (χ4v) is 3.80. The van der Waals surface area contributed by atoms with Crippen molar-refractivity contribution < 1.29 is 14.3 Å². The predicted molar refractivity (Wildman–Crippen MR) is 110 cm³/mol. The van der Waals surface area contributed by atoms with Crippen LogP contribution in [0.1, 0.15) is 41.7 Å². The first kappa shape index (κ1) is 20.1. The van der Waals surface area contributed by atoms with Crippen molar-refractivity contribution >= 4 is 39.9 Å². The Hall–Kier alpha value is -2.65. The lowest BCUT2D eigenvalue weighted by molar-refractivity contribution is -0.123. The zero-order chi connectivity index (χ0) is 20.1. The van der Waals surface area contributed by atoms with Gasteiger partial charge in [-0.05, 0) is 36.9 Å². The van der Waals surface area contributed by atoms with Gasteiger partial charge in [0.1, 0.15) is 0 Å². The van der Waals surface area contributed by atoms with Gasteiger partial charge < -0.3 is 4.74 Å². The quantitative estimate of drug-likeness (QED) is 0.586. The van der Waals surface area contributed by atoms with Crippen LogP contribution in [0.3, 0.4) is 0 Å². The van der Waals surface area contributed by atoms with E-state index in [4.69, 9.17) is 4.74 Å². The molecular formula is C19H20N4O3S2. The number of aryl methyl sites for hydroxylation is 2. The van der Waals surface area contributed by atoms with E-state index in [-0.39, 0.29) is 0 Å². The number of rotatable bonds is 7. The Bertz CT molecular complexity index is 966. The van der Waals surface area contributed by atoms with Crippen molar-refractivity contribution in [2.45, 2.75) is 39.7 Å². The molecule has 3 rings (SSSR count). The van der Waals surface area contributed by atoms with Crippen molar-refractivity contribution in [3.05, 3.63) is 45.8 Å². The number of nitrogens with zero attached hydrogens (tertiary/aromatic N) is 3. The van der Waals surface area contributed by atoms with E-state index < -0.39 is 18.0 Å². The van der Waals surface area contributed by atoms with Crippen LogP contribution in [-0.4, -0.2) is 32.6 Å². The second-order valence-corrected chi connectivity index (χ2v) is 7.64. The molecule has 0 aliphatic carbocycles. The van der Waals surface area contributed by atoms with E-state index in [9.17, 15) is 9.59 Å². The van der Waals surface area contributed by atoms with E-state index in [1.54, 1.807) is 0 Å². The fraction of sp³-hybridized carbons (Fsp3) is 0.316. The minimum Gasteiger partial charge on any atom is -0.448 e. The first-order chi connectivity index (χ1) is 13.5. The third-order valence-corrected chi connectivity index (χ3v) is 5.63. The molecule has 2 heterocycles. The number of amides is 1. The van der Waals surface area contributed by atoms with Gasteiger partial charge in [0.05, 0.1) is 11.4 Å². The number of benzene rings is 1. The maximum Gasteiger partial charge on any atom is 0.352 e. The van der Waals surface area contributed by atoms with Crippen LogP contribution in [0.2, 0.25) is 0 Å². The summed E-state index contributed by atoms with van der Waals surface area (Å²) in [5.74, 6) is -1.03. The van der Waals surface area contributed by atoms with Crippen molar-refractivity contribution in [2.75, 3.05) is 5.32 Å². The Balaban J connectivity index is 1.61. The molecule has 9 heteroatoms. The molecule has 0 aliphatic heterocycles. The molecule has 0 saturated carbocycles. The summed E-state index contributed by atoms with van der Waals surface area (Å²) in [4.78, 5) is 29.3. The molecule has 7 nitrogen and oxygen atoms in total. The van der Waals surface area contributed by atoms with Crippen molar-refractivity contribution in [3.63, 3.8) is 0 Å². The SMILES string of the molecule is CCc1ccc(-c2csc(NC(=O)[C@@H](C)OC(=O)c3snnc3CC)n2)cc1. The molecule has 1 N–H and O–H groups in total. The Labute approximate surface area is 171 Å². The predicted octanol–water partition coefficient (Wildman–Crippen LogP) is 3.97. The standard InChI is InChI=1S/C19H20N4O3S2/c1-4-12-6-8-13(9-7-12)15-10-27-19(20-15)21-17(24)11(3)26-18(25)16-14(5-2)22-23-28-16/h6-11H,4-5H2,1-3H3,(H,20,21,24)/t11-/m1/s1. The number of aromatic nitrogens is 3. The lowest BCUT2D eigenvalue weighted by Gasteiger charge is -2.11. The van der Waals surface area contributed by atoms with E-state index in [0.29, 0.717) is 22.1 Å². The number of ether oxygens (including phenoxy) is 1. The lowest BCUT2D eigenvalue weighted by Crippen LogP contribution is -2.30. The third kappa shape index (κ3) is 4.60. The van der Waals surface area contributed by atoms with Crippen molar-refractivity contribution in [3.8, 4) is 11.3 Å². The molecule has 2 aromatic heterocycles. The van der Waals surface area contributed by atoms with E-state index >= 15 is 0 Å². The van der Waals surface area contributed by atoms with Crippen LogP contribution in [0, 0.1) is 0 Å². The lowest BCUT2D eigenvalue weighted by atomic mass is 10.1. The molecule has 1 atom stereocenters. The van der Waals surface area contributed by atoms with Gasteiger partial charge in [-0.25, -0.2) is 9.78 Å². The summed E-state index contributed by atoms with van der Waals surface area (Å²) >= 11 is 2.29. The zero-order valence-electron chi connectivity index (χ0n) is 15.8. The van der Waals surface area contributed by atoms with Crippen LogP contribution in [0.4, 0.5) is 5.13 Å². The molecule has 1 amide bonds. The Morgan fingerprint density at radius 1 is 1.18 bits per heavy atom. The number of hydrogen-bond acceptors (Lipinski definition) is 8. The highest BCUT2D eigenvalue weighted by Gasteiger charge is 2.23. The smallest absolute Gasteiger partial charge is 0.352 e. The summed E-state index contributed by atoms with van der Waals surface area (Å²) in [6, 6.07) is 8.15. The Morgan fingerprint density at radius 2 is 1.93 bits per heavy atom. The number of thiazole rings is 1. The molecule has 0 bridgehead atoms. The van der Waals surface area contributed by atoms with Gasteiger partial charge in [-0.1, -0.05) is 42.6 Å². The number of nitrogens with one attached hydrogen (secondary N) is 1. The average molecular weight is 417 g/mol. The van der Waals surface area contributed by atoms with Crippen LogP contribution in [0.5, 0.6) is 0 Å². The molecule has 146 valence electrons. The molecule has 0 fully saturated rings.